The van der Waals surface area contributed by atoms with Crippen LogP contribution in [0.15, 0.2) is 47.5 Å². The SMILES string of the molecule is COc1ccc(NS(C)(=O)=O)c2nc(-c3ccccc3C)cc(C(=O)N=C(N)N)c12. The summed E-state index contributed by atoms with van der Waals surface area (Å²) in [6, 6.07) is 12.1. The minimum absolute atomic E-state index is 0.126. The lowest BCUT2D eigenvalue weighted by molar-refractivity contribution is 0.100. The zero-order valence-corrected chi connectivity index (χ0v) is 17.4. The molecule has 0 aliphatic heterocycles. The molecule has 0 bridgehead atoms. The first-order valence-corrected chi connectivity index (χ1v) is 10.7. The van der Waals surface area contributed by atoms with Crippen molar-refractivity contribution in [2.75, 3.05) is 18.1 Å². The first-order valence-electron chi connectivity index (χ1n) is 8.80. The molecule has 0 aliphatic carbocycles. The van der Waals surface area contributed by atoms with Crippen molar-refractivity contribution in [2.24, 2.45) is 16.5 Å². The number of carbonyl (C=O) groups excluding carboxylic acids is 1. The Hall–Kier alpha value is -3.66. The number of rotatable bonds is 5. The predicted octanol–water partition coefficient (Wildman–Crippen LogP) is 2.00. The molecule has 156 valence electrons. The molecule has 10 heteroatoms. The number of hydrogen-bond acceptors (Lipinski definition) is 5. The average molecular weight is 427 g/mol. The lowest BCUT2D eigenvalue weighted by atomic mass is 9.99. The summed E-state index contributed by atoms with van der Waals surface area (Å²) in [5.41, 5.74) is 13.5. The molecule has 2 aromatic carbocycles. The van der Waals surface area contributed by atoms with Gasteiger partial charge in [-0.1, -0.05) is 24.3 Å². The van der Waals surface area contributed by atoms with Gasteiger partial charge in [0.2, 0.25) is 10.0 Å². The van der Waals surface area contributed by atoms with Gasteiger partial charge in [-0.25, -0.2) is 13.4 Å². The topological polar surface area (TPSA) is 150 Å². The minimum Gasteiger partial charge on any atom is -0.496 e. The number of nitrogens with one attached hydrogen (secondary N) is 1. The summed E-state index contributed by atoms with van der Waals surface area (Å²) < 4.78 is 31.6. The van der Waals surface area contributed by atoms with Crippen LogP contribution in [0.4, 0.5) is 5.69 Å². The van der Waals surface area contributed by atoms with Gasteiger partial charge in [-0.05, 0) is 30.7 Å². The standard InChI is InChI=1S/C20H21N5O4S/c1-11-6-4-5-7-12(11)15-10-13(19(26)24-20(21)22)17-16(29-2)9-8-14(18(17)23-15)25-30(3,27)28/h4-10,25H,1-3H3,(H4,21,22,24,26). The highest BCUT2D eigenvalue weighted by Gasteiger charge is 2.21. The Labute approximate surface area is 173 Å². The quantitative estimate of drug-likeness (QED) is 0.416. The lowest BCUT2D eigenvalue weighted by Gasteiger charge is -2.15. The van der Waals surface area contributed by atoms with Gasteiger partial charge in [0, 0.05) is 5.56 Å². The van der Waals surface area contributed by atoms with E-state index in [1.54, 1.807) is 6.07 Å². The van der Waals surface area contributed by atoms with Gasteiger partial charge < -0.3 is 16.2 Å². The first kappa shape index (κ1) is 21.1. The lowest BCUT2D eigenvalue weighted by Crippen LogP contribution is -2.24. The van der Waals surface area contributed by atoms with E-state index in [9.17, 15) is 13.2 Å². The van der Waals surface area contributed by atoms with Crippen LogP contribution in [0.1, 0.15) is 15.9 Å². The summed E-state index contributed by atoms with van der Waals surface area (Å²) >= 11 is 0. The summed E-state index contributed by atoms with van der Waals surface area (Å²) in [6.07, 6.45) is 1.03. The predicted molar refractivity (Wildman–Crippen MR) is 117 cm³/mol. The molecule has 0 spiro atoms. The number of fused-ring (bicyclic) bond motifs is 1. The molecule has 0 saturated carbocycles. The van der Waals surface area contributed by atoms with E-state index < -0.39 is 21.9 Å². The summed E-state index contributed by atoms with van der Waals surface area (Å²) in [4.78, 5) is 21.1. The summed E-state index contributed by atoms with van der Waals surface area (Å²) in [7, 11) is -2.18. The Morgan fingerprint density at radius 2 is 1.87 bits per heavy atom. The molecule has 30 heavy (non-hydrogen) atoms. The monoisotopic (exact) mass is 427 g/mol. The van der Waals surface area contributed by atoms with Gasteiger partial charge >= 0.3 is 0 Å². The number of guanidine groups is 1. The molecule has 0 unspecified atom stereocenters. The number of aliphatic imine (C=N–C) groups is 1. The number of aryl methyl sites for hydroxylation is 1. The van der Waals surface area contributed by atoms with Crippen molar-refractivity contribution in [3.63, 3.8) is 0 Å². The van der Waals surface area contributed by atoms with Crippen molar-refractivity contribution >= 4 is 38.5 Å². The van der Waals surface area contributed by atoms with Crippen LogP contribution in [0.3, 0.4) is 0 Å². The van der Waals surface area contributed by atoms with Crippen molar-refractivity contribution in [3.05, 3.63) is 53.6 Å². The maximum atomic E-state index is 12.8. The van der Waals surface area contributed by atoms with Crippen LogP contribution in [0.2, 0.25) is 0 Å². The van der Waals surface area contributed by atoms with E-state index in [4.69, 9.17) is 16.2 Å². The smallest absolute Gasteiger partial charge is 0.281 e. The van der Waals surface area contributed by atoms with Crippen LogP contribution < -0.4 is 20.9 Å². The highest BCUT2D eigenvalue weighted by molar-refractivity contribution is 7.92. The fourth-order valence-corrected chi connectivity index (χ4v) is 3.67. The first-order chi connectivity index (χ1) is 14.1. The van der Waals surface area contributed by atoms with Crippen LogP contribution in [0, 0.1) is 6.92 Å². The number of pyridine rings is 1. The van der Waals surface area contributed by atoms with Crippen LogP contribution in [0.25, 0.3) is 22.2 Å². The summed E-state index contributed by atoms with van der Waals surface area (Å²) in [6.45, 7) is 1.90. The van der Waals surface area contributed by atoms with E-state index >= 15 is 0 Å². The van der Waals surface area contributed by atoms with E-state index in [-0.39, 0.29) is 16.8 Å². The Kier molecular flexibility index (Phi) is 5.61. The van der Waals surface area contributed by atoms with Gasteiger partial charge in [-0.2, -0.15) is 4.99 Å². The van der Waals surface area contributed by atoms with Gasteiger partial charge in [0.1, 0.15) is 5.75 Å². The van der Waals surface area contributed by atoms with E-state index in [1.807, 2.05) is 31.2 Å². The van der Waals surface area contributed by atoms with Crippen LogP contribution in [-0.2, 0) is 10.0 Å². The number of hydrogen-bond donors (Lipinski definition) is 3. The van der Waals surface area contributed by atoms with Crippen LogP contribution in [-0.4, -0.2) is 38.6 Å². The minimum atomic E-state index is -3.61. The van der Waals surface area contributed by atoms with Gasteiger partial charge in [0.25, 0.3) is 5.91 Å². The number of methoxy groups -OCH3 is 1. The number of nitrogens with two attached hydrogens (primary N) is 2. The number of amides is 1. The maximum Gasteiger partial charge on any atom is 0.281 e. The number of carbonyl (C=O) groups is 1. The summed E-state index contributed by atoms with van der Waals surface area (Å²) in [5, 5.41) is 0.290. The molecule has 0 atom stereocenters. The van der Waals surface area contributed by atoms with Crippen molar-refractivity contribution < 1.29 is 17.9 Å². The second-order valence-corrected chi connectivity index (χ2v) is 8.37. The van der Waals surface area contributed by atoms with Gasteiger partial charge in [0.05, 0.1) is 41.2 Å². The molecule has 0 radical (unpaired) electrons. The molecule has 3 aromatic rings. The van der Waals surface area contributed by atoms with E-state index in [2.05, 4.69) is 14.7 Å². The number of nitrogens with zero attached hydrogens (tertiary/aromatic N) is 2. The third kappa shape index (κ3) is 4.33. The fourth-order valence-electron chi connectivity index (χ4n) is 3.11. The Morgan fingerprint density at radius 1 is 1.17 bits per heavy atom. The zero-order valence-electron chi connectivity index (χ0n) is 16.6. The van der Waals surface area contributed by atoms with Gasteiger partial charge in [0.15, 0.2) is 5.96 Å². The number of sulfonamides is 1. The number of ether oxygens (including phenoxy) is 1. The van der Waals surface area contributed by atoms with E-state index in [1.165, 1.54) is 19.2 Å². The Bertz CT molecular complexity index is 1280. The fraction of sp³-hybridized carbons (Fsp3) is 0.150. The second-order valence-electron chi connectivity index (χ2n) is 6.63. The highest BCUT2D eigenvalue weighted by Crippen LogP contribution is 2.36. The van der Waals surface area contributed by atoms with Crippen molar-refractivity contribution in [1.82, 2.24) is 4.98 Å². The Balaban J connectivity index is 2.46. The van der Waals surface area contributed by atoms with E-state index in [0.717, 1.165) is 17.4 Å². The number of anilines is 1. The summed E-state index contributed by atoms with van der Waals surface area (Å²) in [5.74, 6) is -0.777. The van der Waals surface area contributed by atoms with Gasteiger partial charge in [-0.15, -0.1) is 0 Å². The molecule has 1 heterocycles. The highest BCUT2D eigenvalue weighted by atomic mass is 32.2. The molecule has 9 nitrogen and oxygen atoms in total. The molecule has 0 fully saturated rings. The second kappa shape index (κ2) is 7.99. The van der Waals surface area contributed by atoms with Gasteiger partial charge in [-0.3, -0.25) is 9.52 Å². The number of aromatic nitrogens is 1. The van der Waals surface area contributed by atoms with E-state index in [0.29, 0.717) is 16.8 Å². The molecule has 1 aromatic heterocycles. The molecule has 3 rings (SSSR count). The molecular formula is C20H21N5O4S. The number of benzene rings is 2. The van der Waals surface area contributed by atoms with Crippen LogP contribution in [0.5, 0.6) is 5.75 Å². The zero-order chi connectivity index (χ0) is 22.1. The third-order valence-electron chi connectivity index (χ3n) is 4.32. The molecule has 5 N–H and O–H groups in total. The molecule has 0 aliphatic rings. The van der Waals surface area contributed by atoms with Crippen molar-refractivity contribution in [1.29, 1.82) is 0 Å². The Morgan fingerprint density at radius 3 is 2.47 bits per heavy atom. The van der Waals surface area contributed by atoms with Crippen molar-refractivity contribution in [3.8, 4) is 17.0 Å². The molecule has 1 amide bonds. The molecule has 0 saturated heterocycles. The maximum absolute atomic E-state index is 12.8. The molecular weight excluding hydrogens is 406 g/mol. The average Bonchev–Trinajstić information content (AvgIpc) is 2.66. The van der Waals surface area contributed by atoms with Crippen LogP contribution >= 0.6 is 0 Å². The normalized spacial score (nSPS) is 11.2. The third-order valence-corrected chi connectivity index (χ3v) is 4.91. The van der Waals surface area contributed by atoms with Crippen molar-refractivity contribution in [2.45, 2.75) is 6.92 Å². The largest absolute Gasteiger partial charge is 0.496 e.